The molecule has 5 nitrogen and oxygen atoms in total. The highest BCUT2D eigenvalue weighted by Crippen LogP contribution is 2.33. The van der Waals surface area contributed by atoms with Gasteiger partial charge in [0.1, 0.15) is 11.4 Å². The molecule has 0 fully saturated rings. The second-order valence-electron chi connectivity index (χ2n) is 6.56. The van der Waals surface area contributed by atoms with E-state index in [0.29, 0.717) is 5.69 Å². The molecule has 0 saturated carbocycles. The second kappa shape index (κ2) is 5.91. The van der Waals surface area contributed by atoms with Crippen LogP contribution in [0.2, 0.25) is 0 Å². The van der Waals surface area contributed by atoms with E-state index in [1.165, 1.54) is 11.3 Å². The van der Waals surface area contributed by atoms with Gasteiger partial charge in [0, 0.05) is 12.2 Å². The van der Waals surface area contributed by atoms with E-state index < -0.39 is 11.7 Å². The molecule has 2 heterocycles. The molecule has 1 N–H and O–H groups in total. The second-order valence-corrected chi connectivity index (χ2v) is 6.56. The standard InChI is InChI=1S/C18H21N3O2/c1-18(2,3)23-17(22)20-14-8-9-16(19-12-14)21-11-10-13-6-4-5-7-15(13)21/h4-9,12H,10-11H2,1-3H3,(H,20,22). The van der Waals surface area contributed by atoms with Crippen LogP contribution in [0.15, 0.2) is 42.6 Å². The molecule has 0 saturated heterocycles. The monoisotopic (exact) mass is 311 g/mol. The highest BCUT2D eigenvalue weighted by Gasteiger charge is 2.21. The maximum Gasteiger partial charge on any atom is 0.412 e. The number of rotatable bonds is 2. The molecule has 1 aliphatic rings. The van der Waals surface area contributed by atoms with Crippen LogP contribution in [0.3, 0.4) is 0 Å². The van der Waals surface area contributed by atoms with Gasteiger partial charge in [0.15, 0.2) is 0 Å². The van der Waals surface area contributed by atoms with E-state index >= 15 is 0 Å². The van der Waals surface area contributed by atoms with Crippen molar-refractivity contribution >= 4 is 23.3 Å². The summed E-state index contributed by atoms with van der Waals surface area (Å²) in [7, 11) is 0. The normalized spacial score (nSPS) is 13.6. The van der Waals surface area contributed by atoms with Crippen molar-refractivity contribution in [3.05, 3.63) is 48.2 Å². The molecule has 1 aliphatic heterocycles. The first-order valence-corrected chi connectivity index (χ1v) is 7.74. The van der Waals surface area contributed by atoms with E-state index in [0.717, 1.165) is 18.8 Å². The van der Waals surface area contributed by atoms with Crippen LogP contribution >= 0.6 is 0 Å². The summed E-state index contributed by atoms with van der Waals surface area (Å²) >= 11 is 0. The minimum absolute atomic E-state index is 0.474. The van der Waals surface area contributed by atoms with E-state index in [2.05, 4.69) is 33.4 Å². The lowest BCUT2D eigenvalue weighted by Crippen LogP contribution is -2.27. The molecule has 0 bridgehead atoms. The average molecular weight is 311 g/mol. The Morgan fingerprint density at radius 2 is 2.00 bits per heavy atom. The zero-order valence-corrected chi connectivity index (χ0v) is 13.7. The van der Waals surface area contributed by atoms with Gasteiger partial charge in [0.2, 0.25) is 0 Å². The highest BCUT2D eigenvalue weighted by atomic mass is 16.6. The van der Waals surface area contributed by atoms with Crippen molar-refractivity contribution in [3.8, 4) is 0 Å². The number of fused-ring (bicyclic) bond motifs is 1. The number of nitrogens with zero attached hydrogens (tertiary/aromatic N) is 2. The number of hydrogen-bond acceptors (Lipinski definition) is 4. The molecule has 3 rings (SSSR count). The van der Waals surface area contributed by atoms with E-state index in [9.17, 15) is 4.79 Å². The Labute approximate surface area is 136 Å². The number of carbonyl (C=O) groups excluding carboxylic acids is 1. The lowest BCUT2D eigenvalue weighted by Gasteiger charge is -2.20. The summed E-state index contributed by atoms with van der Waals surface area (Å²) in [6.45, 7) is 6.42. The van der Waals surface area contributed by atoms with Crippen LogP contribution in [-0.4, -0.2) is 23.2 Å². The first-order valence-electron chi connectivity index (χ1n) is 7.74. The fraction of sp³-hybridized carbons (Fsp3) is 0.333. The third-order valence-corrected chi connectivity index (χ3v) is 3.56. The molecule has 120 valence electrons. The maximum atomic E-state index is 11.8. The third kappa shape index (κ3) is 3.62. The Morgan fingerprint density at radius 3 is 2.70 bits per heavy atom. The molecule has 1 aromatic heterocycles. The number of nitrogens with one attached hydrogen (secondary N) is 1. The highest BCUT2D eigenvalue weighted by molar-refractivity contribution is 5.84. The Kier molecular flexibility index (Phi) is 3.94. The van der Waals surface area contributed by atoms with Gasteiger partial charge in [-0.05, 0) is 51.0 Å². The van der Waals surface area contributed by atoms with E-state index in [-0.39, 0.29) is 0 Å². The van der Waals surface area contributed by atoms with Crippen molar-refractivity contribution < 1.29 is 9.53 Å². The molecule has 0 spiro atoms. The van der Waals surface area contributed by atoms with Crippen molar-refractivity contribution in [3.63, 3.8) is 0 Å². The van der Waals surface area contributed by atoms with Crippen LogP contribution in [0.5, 0.6) is 0 Å². The molecule has 5 heteroatoms. The average Bonchev–Trinajstić information content (AvgIpc) is 2.90. The molecule has 0 unspecified atom stereocenters. The van der Waals surface area contributed by atoms with Gasteiger partial charge in [-0.3, -0.25) is 5.32 Å². The smallest absolute Gasteiger partial charge is 0.412 e. The van der Waals surface area contributed by atoms with Crippen LogP contribution in [0.1, 0.15) is 26.3 Å². The third-order valence-electron chi connectivity index (χ3n) is 3.56. The summed E-state index contributed by atoms with van der Waals surface area (Å²) in [4.78, 5) is 18.4. The fourth-order valence-corrected chi connectivity index (χ4v) is 2.62. The van der Waals surface area contributed by atoms with Gasteiger partial charge >= 0.3 is 6.09 Å². The Morgan fingerprint density at radius 1 is 1.22 bits per heavy atom. The number of benzene rings is 1. The quantitative estimate of drug-likeness (QED) is 0.906. The minimum atomic E-state index is -0.517. The van der Waals surface area contributed by atoms with Crippen molar-refractivity contribution in [2.24, 2.45) is 0 Å². The Bertz CT molecular complexity index is 705. The minimum Gasteiger partial charge on any atom is -0.444 e. The number of amides is 1. The molecule has 1 amide bonds. The lowest BCUT2D eigenvalue weighted by atomic mass is 10.2. The maximum absolute atomic E-state index is 11.8. The molecule has 0 atom stereocenters. The van der Waals surface area contributed by atoms with Crippen LogP contribution in [-0.2, 0) is 11.2 Å². The number of anilines is 3. The zero-order chi connectivity index (χ0) is 16.4. The van der Waals surface area contributed by atoms with Gasteiger partial charge in [-0.2, -0.15) is 0 Å². The van der Waals surface area contributed by atoms with Gasteiger partial charge < -0.3 is 9.64 Å². The van der Waals surface area contributed by atoms with Gasteiger partial charge in [-0.1, -0.05) is 18.2 Å². The SMILES string of the molecule is CC(C)(C)OC(=O)Nc1ccc(N2CCc3ccccc32)nc1. The summed E-state index contributed by atoms with van der Waals surface area (Å²) in [5, 5.41) is 2.69. The summed E-state index contributed by atoms with van der Waals surface area (Å²) in [6, 6.07) is 12.1. The van der Waals surface area contributed by atoms with Gasteiger partial charge in [0.25, 0.3) is 0 Å². The van der Waals surface area contributed by atoms with Crippen molar-refractivity contribution in [2.75, 3.05) is 16.8 Å². The summed E-state index contributed by atoms with van der Waals surface area (Å²) in [5.74, 6) is 0.879. The summed E-state index contributed by atoms with van der Waals surface area (Å²) in [5.41, 5.74) is 2.64. The molecule has 0 radical (unpaired) electrons. The molecule has 1 aromatic carbocycles. The van der Waals surface area contributed by atoms with Crippen molar-refractivity contribution in [2.45, 2.75) is 32.8 Å². The fourth-order valence-electron chi connectivity index (χ4n) is 2.62. The molecule has 2 aromatic rings. The predicted octanol–water partition coefficient (Wildman–Crippen LogP) is 4.12. The number of aromatic nitrogens is 1. The molecule has 0 aliphatic carbocycles. The first kappa shape index (κ1) is 15.3. The van der Waals surface area contributed by atoms with Crippen LogP contribution in [0, 0.1) is 0 Å². The number of ether oxygens (including phenoxy) is 1. The Hall–Kier alpha value is -2.56. The summed E-state index contributed by atoms with van der Waals surface area (Å²) < 4.78 is 5.23. The van der Waals surface area contributed by atoms with Crippen LogP contribution < -0.4 is 10.2 Å². The number of hydrogen-bond donors (Lipinski definition) is 1. The molecule has 23 heavy (non-hydrogen) atoms. The predicted molar refractivity (Wildman–Crippen MR) is 91.2 cm³/mol. The summed E-state index contributed by atoms with van der Waals surface area (Å²) in [6.07, 6.45) is 2.20. The van der Waals surface area contributed by atoms with E-state index in [1.54, 1.807) is 6.20 Å². The van der Waals surface area contributed by atoms with Gasteiger partial charge in [-0.25, -0.2) is 9.78 Å². The zero-order valence-electron chi connectivity index (χ0n) is 13.7. The van der Waals surface area contributed by atoms with Crippen LogP contribution in [0.4, 0.5) is 22.0 Å². The van der Waals surface area contributed by atoms with Crippen molar-refractivity contribution in [1.29, 1.82) is 0 Å². The Balaban J connectivity index is 1.70. The van der Waals surface area contributed by atoms with Crippen LogP contribution in [0.25, 0.3) is 0 Å². The largest absolute Gasteiger partial charge is 0.444 e. The van der Waals surface area contributed by atoms with Gasteiger partial charge in [-0.15, -0.1) is 0 Å². The van der Waals surface area contributed by atoms with Crippen molar-refractivity contribution in [1.82, 2.24) is 4.98 Å². The molecular weight excluding hydrogens is 290 g/mol. The number of carbonyl (C=O) groups is 1. The molecular formula is C18H21N3O2. The van der Waals surface area contributed by atoms with E-state index in [4.69, 9.17) is 4.74 Å². The first-order chi connectivity index (χ1) is 10.9. The number of pyridine rings is 1. The van der Waals surface area contributed by atoms with E-state index in [1.807, 2.05) is 39.0 Å². The lowest BCUT2D eigenvalue weighted by molar-refractivity contribution is 0.0636. The topological polar surface area (TPSA) is 54.5 Å². The number of para-hydroxylation sites is 1. The van der Waals surface area contributed by atoms with Gasteiger partial charge in [0.05, 0.1) is 11.9 Å².